The molecule has 2 rings (SSSR count). The Labute approximate surface area is 162 Å². The van der Waals surface area contributed by atoms with Crippen molar-refractivity contribution in [1.29, 1.82) is 0 Å². The van der Waals surface area contributed by atoms with E-state index < -0.39 is 10.0 Å². The number of benzene rings is 2. The van der Waals surface area contributed by atoms with Crippen LogP contribution in [0.5, 0.6) is 0 Å². The van der Waals surface area contributed by atoms with E-state index in [-0.39, 0.29) is 23.4 Å². The minimum atomic E-state index is -3.85. The molecule has 0 radical (unpaired) electrons. The molecular formula is C21H28N2O3S. The number of hydrogen-bond acceptors (Lipinski definition) is 3. The van der Waals surface area contributed by atoms with Gasteiger partial charge in [-0.15, -0.1) is 0 Å². The zero-order valence-corrected chi connectivity index (χ0v) is 17.2. The summed E-state index contributed by atoms with van der Waals surface area (Å²) >= 11 is 0. The number of anilines is 1. The zero-order valence-electron chi connectivity index (χ0n) is 16.3. The molecule has 2 aromatic rings. The topological polar surface area (TPSA) is 66.5 Å². The van der Waals surface area contributed by atoms with Crippen molar-refractivity contribution in [3.63, 3.8) is 0 Å². The number of nitrogens with one attached hydrogen (secondary N) is 1. The molecule has 0 fully saturated rings. The van der Waals surface area contributed by atoms with Gasteiger partial charge in [0, 0.05) is 6.04 Å². The summed E-state index contributed by atoms with van der Waals surface area (Å²) in [6.07, 6.45) is 0.778. The van der Waals surface area contributed by atoms with Crippen molar-refractivity contribution in [2.24, 2.45) is 0 Å². The predicted molar refractivity (Wildman–Crippen MR) is 109 cm³/mol. The van der Waals surface area contributed by atoms with E-state index in [1.807, 2.05) is 26.0 Å². The number of amides is 1. The van der Waals surface area contributed by atoms with Crippen molar-refractivity contribution in [1.82, 2.24) is 5.32 Å². The summed E-state index contributed by atoms with van der Waals surface area (Å²) in [4.78, 5) is 12.6. The Bertz CT molecular complexity index is 847. The molecule has 0 heterocycles. The lowest BCUT2D eigenvalue weighted by atomic mass is 10.0. The fourth-order valence-electron chi connectivity index (χ4n) is 2.61. The Balaban J connectivity index is 2.40. The van der Waals surface area contributed by atoms with Crippen LogP contribution in [-0.2, 0) is 14.8 Å². The van der Waals surface area contributed by atoms with Gasteiger partial charge in [-0.25, -0.2) is 8.42 Å². The molecule has 0 spiro atoms. The van der Waals surface area contributed by atoms with Gasteiger partial charge in [0.05, 0.1) is 10.6 Å². The summed E-state index contributed by atoms with van der Waals surface area (Å²) in [5.41, 5.74) is 1.59. The summed E-state index contributed by atoms with van der Waals surface area (Å²) < 4.78 is 27.5. The van der Waals surface area contributed by atoms with Crippen LogP contribution in [0.25, 0.3) is 0 Å². The fourth-order valence-corrected chi connectivity index (χ4v) is 4.06. The SMILES string of the molecule is CC[C@H](C)NC(=O)CN(c1ccc(C(C)C)cc1)S(=O)(=O)c1ccccc1. The number of sulfonamides is 1. The van der Waals surface area contributed by atoms with Crippen molar-refractivity contribution in [3.05, 3.63) is 60.2 Å². The second-order valence-electron chi connectivity index (χ2n) is 6.95. The fraction of sp³-hybridized carbons (Fsp3) is 0.381. The molecule has 1 amide bonds. The first-order valence-corrected chi connectivity index (χ1v) is 10.7. The molecule has 146 valence electrons. The molecule has 0 aliphatic carbocycles. The van der Waals surface area contributed by atoms with Gasteiger partial charge in [-0.1, -0.05) is 51.1 Å². The Morgan fingerprint density at radius 1 is 1.00 bits per heavy atom. The zero-order chi connectivity index (χ0) is 20.0. The summed E-state index contributed by atoms with van der Waals surface area (Å²) in [7, 11) is -3.85. The summed E-state index contributed by atoms with van der Waals surface area (Å²) in [6, 6.07) is 15.5. The van der Waals surface area contributed by atoms with Crippen molar-refractivity contribution in [2.45, 2.75) is 51.0 Å². The van der Waals surface area contributed by atoms with E-state index in [1.165, 1.54) is 16.4 Å². The quantitative estimate of drug-likeness (QED) is 0.745. The highest BCUT2D eigenvalue weighted by molar-refractivity contribution is 7.92. The second-order valence-corrected chi connectivity index (χ2v) is 8.81. The maximum Gasteiger partial charge on any atom is 0.264 e. The largest absolute Gasteiger partial charge is 0.352 e. The highest BCUT2D eigenvalue weighted by Crippen LogP contribution is 2.25. The molecule has 6 heteroatoms. The molecule has 0 unspecified atom stereocenters. The van der Waals surface area contributed by atoms with Crippen LogP contribution in [0.15, 0.2) is 59.5 Å². The molecule has 1 atom stereocenters. The third kappa shape index (κ3) is 5.32. The van der Waals surface area contributed by atoms with E-state index in [4.69, 9.17) is 0 Å². The van der Waals surface area contributed by atoms with Gasteiger partial charge in [0.25, 0.3) is 10.0 Å². The molecule has 0 aromatic heterocycles. The van der Waals surface area contributed by atoms with Crippen molar-refractivity contribution < 1.29 is 13.2 Å². The van der Waals surface area contributed by atoms with Gasteiger partial charge in [-0.3, -0.25) is 9.10 Å². The monoisotopic (exact) mass is 388 g/mol. The van der Waals surface area contributed by atoms with Crippen LogP contribution in [-0.4, -0.2) is 26.9 Å². The summed E-state index contributed by atoms with van der Waals surface area (Å²) in [6.45, 7) is 7.75. The van der Waals surface area contributed by atoms with E-state index in [1.54, 1.807) is 30.3 Å². The number of hydrogen-bond donors (Lipinski definition) is 1. The molecule has 0 saturated carbocycles. The van der Waals surface area contributed by atoms with E-state index in [0.29, 0.717) is 11.6 Å². The van der Waals surface area contributed by atoms with Gasteiger partial charge < -0.3 is 5.32 Å². The first kappa shape index (κ1) is 21.0. The molecule has 2 aromatic carbocycles. The van der Waals surface area contributed by atoms with Crippen LogP contribution in [0.3, 0.4) is 0 Å². The Hall–Kier alpha value is -2.34. The lowest BCUT2D eigenvalue weighted by molar-refractivity contribution is -0.120. The minimum Gasteiger partial charge on any atom is -0.352 e. The van der Waals surface area contributed by atoms with E-state index in [0.717, 1.165) is 12.0 Å². The molecule has 0 saturated heterocycles. The molecule has 5 nitrogen and oxygen atoms in total. The van der Waals surface area contributed by atoms with Crippen LogP contribution < -0.4 is 9.62 Å². The Morgan fingerprint density at radius 2 is 1.59 bits per heavy atom. The average Bonchev–Trinajstić information content (AvgIpc) is 2.66. The standard InChI is InChI=1S/C21H28N2O3S/c1-5-17(4)22-21(24)15-23(19-13-11-18(12-14-19)16(2)3)27(25,26)20-9-7-6-8-10-20/h6-14,16-17H,5,15H2,1-4H3,(H,22,24)/t17-/m0/s1. The van der Waals surface area contributed by atoms with Crippen molar-refractivity contribution in [3.8, 4) is 0 Å². The first-order valence-electron chi connectivity index (χ1n) is 9.22. The second kappa shape index (κ2) is 9.04. The predicted octanol–water partition coefficient (Wildman–Crippen LogP) is 3.92. The average molecular weight is 389 g/mol. The Morgan fingerprint density at radius 3 is 2.11 bits per heavy atom. The third-order valence-corrected chi connectivity index (χ3v) is 6.27. The normalized spacial score (nSPS) is 12.6. The molecular weight excluding hydrogens is 360 g/mol. The molecule has 0 aliphatic rings. The van der Waals surface area contributed by atoms with E-state index in [9.17, 15) is 13.2 Å². The molecule has 27 heavy (non-hydrogen) atoms. The van der Waals surface area contributed by atoms with Gasteiger partial charge in [-0.05, 0) is 49.1 Å². The number of nitrogens with zero attached hydrogens (tertiary/aromatic N) is 1. The highest BCUT2D eigenvalue weighted by Gasteiger charge is 2.27. The maximum atomic E-state index is 13.2. The summed E-state index contributed by atoms with van der Waals surface area (Å²) in [5.74, 6) is 0.0173. The number of rotatable bonds is 8. The van der Waals surface area contributed by atoms with Crippen LogP contribution >= 0.6 is 0 Å². The van der Waals surface area contributed by atoms with Gasteiger partial charge in [0.15, 0.2) is 0 Å². The number of carbonyl (C=O) groups excluding carboxylic acids is 1. The van der Waals surface area contributed by atoms with Crippen LogP contribution in [0.4, 0.5) is 5.69 Å². The van der Waals surface area contributed by atoms with E-state index in [2.05, 4.69) is 19.2 Å². The smallest absolute Gasteiger partial charge is 0.264 e. The van der Waals surface area contributed by atoms with Crippen LogP contribution in [0.2, 0.25) is 0 Å². The van der Waals surface area contributed by atoms with Crippen molar-refractivity contribution >= 4 is 21.6 Å². The van der Waals surface area contributed by atoms with E-state index >= 15 is 0 Å². The number of carbonyl (C=O) groups is 1. The minimum absolute atomic E-state index is 0.0119. The van der Waals surface area contributed by atoms with Crippen LogP contribution in [0, 0.1) is 0 Å². The van der Waals surface area contributed by atoms with Crippen molar-refractivity contribution in [2.75, 3.05) is 10.8 Å². The Kier molecular flexibility index (Phi) is 7.02. The maximum absolute atomic E-state index is 13.2. The van der Waals surface area contributed by atoms with Gasteiger partial charge >= 0.3 is 0 Å². The lowest BCUT2D eigenvalue weighted by Gasteiger charge is -2.25. The highest BCUT2D eigenvalue weighted by atomic mass is 32.2. The molecule has 0 bridgehead atoms. The third-order valence-electron chi connectivity index (χ3n) is 4.49. The van der Waals surface area contributed by atoms with Gasteiger partial charge in [-0.2, -0.15) is 0 Å². The van der Waals surface area contributed by atoms with Gasteiger partial charge in [0.1, 0.15) is 6.54 Å². The lowest BCUT2D eigenvalue weighted by Crippen LogP contribution is -2.43. The first-order chi connectivity index (χ1) is 12.8. The van der Waals surface area contributed by atoms with Crippen LogP contribution in [0.1, 0.15) is 45.6 Å². The summed E-state index contributed by atoms with van der Waals surface area (Å²) in [5, 5.41) is 2.84. The van der Waals surface area contributed by atoms with Gasteiger partial charge in [0.2, 0.25) is 5.91 Å². The molecule has 0 aliphatic heterocycles. The molecule has 1 N–H and O–H groups in total.